The van der Waals surface area contributed by atoms with Crippen LogP contribution in [-0.2, 0) is 0 Å². The van der Waals surface area contributed by atoms with Crippen molar-refractivity contribution in [2.45, 2.75) is 38.6 Å². The SMILES string of the molecule is C=CCNCCN(CC)C1CCCC1. The summed E-state index contributed by atoms with van der Waals surface area (Å²) in [4.78, 5) is 2.61. The van der Waals surface area contributed by atoms with E-state index in [1.165, 1.54) is 38.8 Å². The lowest BCUT2D eigenvalue weighted by molar-refractivity contribution is 0.210. The predicted octanol–water partition coefficient (Wildman–Crippen LogP) is 2.03. The first-order valence-corrected chi connectivity index (χ1v) is 5.94. The van der Waals surface area contributed by atoms with Gasteiger partial charge in [-0.2, -0.15) is 0 Å². The normalized spacial score (nSPS) is 17.9. The second-order valence-corrected chi connectivity index (χ2v) is 4.06. The third-order valence-electron chi connectivity index (χ3n) is 3.11. The summed E-state index contributed by atoms with van der Waals surface area (Å²) in [5.41, 5.74) is 0. The maximum Gasteiger partial charge on any atom is 0.0132 e. The Balaban J connectivity index is 2.13. The zero-order chi connectivity index (χ0) is 10.2. The van der Waals surface area contributed by atoms with Crippen LogP contribution in [0.2, 0.25) is 0 Å². The van der Waals surface area contributed by atoms with Crippen LogP contribution in [0.15, 0.2) is 12.7 Å². The van der Waals surface area contributed by atoms with Crippen molar-refractivity contribution in [3.05, 3.63) is 12.7 Å². The van der Waals surface area contributed by atoms with Gasteiger partial charge >= 0.3 is 0 Å². The summed E-state index contributed by atoms with van der Waals surface area (Å²) in [6, 6.07) is 0.866. The van der Waals surface area contributed by atoms with Gasteiger partial charge in [0.15, 0.2) is 0 Å². The van der Waals surface area contributed by atoms with Gasteiger partial charge in [-0.05, 0) is 19.4 Å². The van der Waals surface area contributed by atoms with E-state index in [-0.39, 0.29) is 0 Å². The molecular formula is C12H24N2. The largest absolute Gasteiger partial charge is 0.312 e. The van der Waals surface area contributed by atoms with Gasteiger partial charge in [0, 0.05) is 25.7 Å². The third-order valence-corrected chi connectivity index (χ3v) is 3.11. The van der Waals surface area contributed by atoms with E-state index in [9.17, 15) is 0 Å². The fourth-order valence-corrected chi connectivity index (χ4v) is 2.30. The molecule has 1 aliphatic rings. The predicted molar refractivity (Wildman–Crippen MR) is 62.6 cm³/mol. The smallest absolute Gasteiger partial charge is 0.0132 e. The monoisotopic (exact) mass is 196 g/mol. The molecule has 0 saturated heterocycles. The van der Waals surface area contributed by atoms with Crippen molar-refractivity contribution in [3.8, 4) is 0 Å². The summed E-state index contributed by atoms with van der Waals surface area (Å²) in [6.07, 6.45) is 7.61. The number of likely N-dealkylation sites (N-methyl/N-ethyl adjacent to an activating group) is 1. The number of rotatable bonds is 7. The molecule has 0 bridgehead atoms. The highest BCUT2D eigenvalue weighted by molar-refractivity contribution is 4.77. The molecule has 2 nitrogen and oxygen atoms in total. The van der Waals surface area contributed by atoms with Gasteiger partial charge in [-0.15, -0.1) is 6.58 Å². The van der Waals surface area contributed by atoms with Crippen LogP contribution in [-0.4, -0.2) is 37.1 Å². The van der Waals surface area contributed by atoms with Crippen LogP contribution in [0, 0.1) is 0 Å². The molecule has 1 saturated carbocycles. The molecule has 0 aromatic rings. The average molecular weight is 196 g/mol. The molecule has 1 fully saturated rings. The maximum atomic E-state index is 3.70. The van der Waals surface area contributed by atoms with Crippen LogP contribution in [0.25, 0.3) is 0 Å². The highest BCUT2D eigenvalue weighted by Crippen LogP contribution is 2.22. The van der Waals surface area contributed by atoms with E-state index >= 15 is 0 Å². The van der Waals surface area contributed by atoms with Crippen LogP contribution in [0.3, 0.4) is 0 Å². The lowest BCUT2D eigenvalue weighted by Gasteiger charge is -2.27. The van der Waals surface area contributed by atoms with Crippen molar-refractivity contribution < 1.29 is 0 Å². The fourth-order valence-electron chi connectivity index (χ4n) is 2.30. The Hall–Kier alpha value is -0.340. The molecule has 0 atom stereocenters. The van der Waals surface area contributed by atoms with Crippen LogP contribution >= 0.6 is 0 Å². The highest BCUT2D eigenvalue weighted by Gasteiger charge is 2.20. The molecule has 82 valence electrons. The first-order chi connectivity index (χ1) is 6.88. The molecule has 0 radical (unpaired) electrons. The van der Waals surface area contributed by atoms with Gasteiger partial charge in [0.1, 0.15) is 0 Å². The van der Waals surface area contributed by atoms with Crippen LogP contribution in [0.5, 0.6) is 0 Å². The molecule has 1 rings (SSSR count). The molecule has 0 spiro atoms. The van der Waals surface area contributed by atoms with E-state index in [0.717, 1.165) is 19.1 Å². The Morgan fingerprint density at radius 3 is 2.71 bits per heavy atom. The molecule has 1 aliphatic carbocycles. The summed E-state index contributed by atoms with van der Waals surface area (Å²) in [7, 11) is 0. The second-order valence-electron chi connectivity index (χ2n) is 4.06. The van der Waals surface area contributed by atoms with Gasteiger partial charge < -0.3 is 5.32 Å². The van der Waals surface area contributed by atoms with Crippen molar-refractivity contribution in [1.29, 1.82) is 0 Å². The number of hydrogen-bond donors (Lipinski definition) is 1. The zero-order valence-corrected chi connectivity index (χ0v) is 9.47. The molecule has 1 N–H and O–H groups in total. The highest BCUT2D eigenvalue weighted by atomic mass is 15.2. The summed E-state index contributed by atoms with van der Waals surface area (Å²) in [5, 5.41) is 3.36. The van der Waals surface area contributed by atoms with Gasteiger partial charge in [-0.25, -0.2) is 0 Å². The second kappa shape index (κ2) is 7.02. The Morgan fingerprint density at radius 2 is 2.14 bits per heavy atom. The van der Waals surface area contributed by atoms with Crippen LogP contribution in [0.1, 0.15) is 32.6 Å². The van der Waals surface area contributed by atoms with Crippen molar-refractivity contribution in [3.63, 3.8) is 0 Å². The van der Waals surface area contributed by atoms with Gasteiger partial charge in [-0.1, -0.05) is 25.8 Å². The molecule has 0 unspecified atom stereocenters. The Labute approximate surface area is 88.4 Å². The third kappa shape index (κ3) is 3.81. The number of nitrogens with one attached hydrogen (secondary N) is 1. The lowest BCUT2D eigenvalue weighted by atomic mass is 10.2. The summed E-state index contributed by atoms with van der Waals surface area (Å²) >= 11 is 0. The van der Waals surface area contributed by atoms with Gasteiger partial charge in [0.05, 0.1) is 0 Å². The number of hydrogen-bond acceptors (Lipinski definition) is 2. The van der Waals surface area contributed by atoms with E-state index < -0.39 is 0 Å². The fraction of sp³-hybridized carbons (Fsp3) is 0.833. The van der Waals surface area contributed by atoms with E-state index in [4.69, 9.17) is 0 Å². The number of nitrogens with zero attached hydrogens (tertiary/aromatic N) is 1. The van der Waals surface area contributed by atoms with E-state index in [2.05, 4.69) is 23.7 Å². The van der Waals surface area contributed by atoms with E-state index in [1.807, 2.05) is 6.08 Å². The molecule has 0 aromatic carbocycles. The van der Waals surface area contributed by atoms with Gasteiger partial charge in [0.25, 0.3) is 0 Å². The molecule has 0 aromatic heterocycles. The lowest BCUT2D eigenvalue weighted by Crippen LogP contribution is -2.38. The Bertz CT molecular complexity index is 150. The topological polar surface area (TPSA) is 15.3 Å². The maximum absolute atomic E-state index is 3.70. The minimum absolute atomic E-state index is 0.866. The molecule has 0 aliphatic heterocycles. The van der Waals surface area contributed by atoms with Gasteiger partial charge in [0.2, 0.25) is 0 Å². The van der Waals surface area contributed by atoms with Crippen LogP contribution < -0.4 is 5.32 Å². The molecule has 0 amide bonds. The van der Waals surface area contributed by atoms with Gasteiger partial charge in [-0.3, -0.25) is 4.90 Å². The standard InChI is InChI=1S/C12H24N2/c1-3-9-13-10-11-14(4-2)12-7-5-6-8-12/h3,12-13H,1,4-11H2,2H3. The van der Waals surface area contributed by atoms with Crippen molar-refractivity contribution >= 4 is 0 Å². The summed E-state index contributed by atoms with van der Waals surface area (Å²) in [6.45, 7) is 10.4. The summed E-state index contributed by atoms with van der Waals surface area (Å²) < 4.78 is 0. The molecule has 14 heavy (non-hydrogen) atoms. The van der Waals surface area contributed by atoms with Crippen molar-refractivity contribution in [2.75, 3.05) is 26.2 Å². The molecular weight excluding hydrogens is 172 g/mol. The first-order valence-electron chi connectivity index (χ1n) is 5.94. The minimum Gasteiger partial charge on any atom is -0.312 e. The van der Waals surface area contributed by atoms with Crippen molar-refractivity contribution in [1.82, 2.24) is 10.2 Å². The minimum atomic E-state index is 0.866. The average Bonchev–Trinajstić information content (AvgIpc) is 2.71. The summed E-state index contributed by atoms with van der Waals surface area (Å²) in [5.74, 6) is 0. The molecule has 2 heteroatoms. The Morgan fingerprint density at radius 1 is 1.43 bits per heavy atom. The quantitative estimate of drug-likeness (QED) is 0.495. The first kappa shape index (κ1) is 11.7. The van der Waals surface area contributed by atoms with Crippen molar-refractivity contribution in [2.24, 2.45) is 0 Å². The zero-order valence-electron chi connectivity index (χ0n) is 9.47. The Kier molecular flexibility index (Phi) is 5.88. The van der Waals surface area contributed by atoms with Crippen LogP contribution in [0.4, 0.5) is 0 Å². The molecule has 0 heterocycles. The van der Waals surface area contributed by atoms with E-state index in [0.29, 0.717) is 0 Å². The van der Waals surface area contributed by atoms with E-state index in [1.54, 1.807) is 0 Å².